The van der Waals surface area contributed by atoms with Gasteiger partial charge in [0, 0.05) is 18.9 Å². The van der Waals surface area contributed by atoms with Crippen LogP contribution in [0.3, 0.4) is 0 Å². The lowest BCUT2D eigenvalue weighted by atomic mass is 9.94. The highest BCUT2D eigenvalue weighted by Crippen LogP contribution is 2.40. The van der Waals surface area contributed by atoms with Gasteiger partial charge in [-0.1, -0.05) is 18.2 Å². The van der Waals surface area contributed by atoms with Crippen LogP contribution in [0.1, 0.15) is 27.7 Å². The second kappa shape index (κ2) is 7.63. The summed E-state index contributed by atoms with van der Waals surface area (Å²) in [6.45, 7) is 0.174. The van der Waals surface area contributed by atoms with E-state index in [9.17, 15) is 14.7 Å². The van der Waals surface area contributed by atoms with E-state index in [1.165, 1.54) is 24.3 Å². The second-order valence-electron chi connectivity index (χ2n) is 6.54. The summed E-state index contributed by atoms with van der Waals surface area (Å²) in [5.41, 5.74) is 1.39. The number of hydrogen-bond acceptors (Lipinski definition) is 6. The zero-order chi connectivity index (χ0) is 20.4. The number of aliphatic hydroxyl groups excluding tert-OH is 1. The van der Waals surface area contributed by atoms with Crippen LogP contribution in [0.2, 0.25) is 0 Å². The van der Waals surface area contributed by atoms with Gasteiger partial charge in [0.25, 0.3) is 5.91 Å². The molecule has 0 saturated carbocycles. The maximum absolute atomic E-state index is 13.1. The number of aromatic nitrogens is 1. The monoisotopic (exact) mass is 390 g/mol. The number of rotatable bonds is 6. The molecule has 1 aliphatic heterocycles. The largest absolute Gasteiger partial charge is 0.503 e. The lowest BCUT2D eigenvalue weighted by Crippen LogP contribution is -2.30. The number of methoxy groups -OCH3 is 1. The zero-order valence-electron chi connectivity index (χ0n) is 15.6. The van der Waals surface area contributed by atoms with E-state index in [4.69, 9.17) is 9.15 Å². The highest BCUT2D eigenvalue weighted by atomic mass is 16.5. The number of carbonyl (C=O) groups is 2. The SMILES string of the molecule is COc1cccc(C2C(C(=O)c3ccco3)=C(O)C(=O)N2Cc2cccnc2)c1. The zero-order valence-corrected chi connectivity index (χ0v) is 15.6. The van der Waals surface area contributed by atoms with Gasteiger partial charge in [0.15, 0.2) is 11.5 Å². The van der Waals surface area contributed by atoms with Gasteiger partial charge in [-0.15, -0.1) is 0 Å². The standard InChI is InChI=1S/C22H18N2O5/c1-28-16-7-2-6-15(11-16)19-18(20(25)17-8-4-10-29-17)21(26)22(27)24(19)13-14-5-3-9-23-12-14/h2-12,19,26H,13H2,1H3. The highest BCUT2D eigenvalue weighted by molar-refractivity contribution is 6.15. The number of carbonyl (C=O) groups excluding carboxylic acids is 2. The van der Waals surface area contributed by atoms with Crippen LogP contribution in [0.25, 0.3) is 0 Å². The van der Waals surface area contributed by atoms with Crippen LogP contribution in [0.5, 0.6) is 5.75 Å². The predicted octanol–water partition coefficient (Wildman–Crippen LogP) is 3.46. The minimum absolute atomic E-state index is 0.0258. The van der Waals surface area contributed by atoms with Crippen LogP contribution in [-0.2, 0) is 11.3 Å². The van der Waals surface area contributed by atoms with Crippen molar-refractivity contribution in [1.82, 2.24) is 9.88 Å². The quantitative estimate of drug-likeness (QED) is 0.648. The van der Waals surface area contributed by atoms with Gasteiger partial charge in [0.2, 0.25) is 5.78 Å². The maximum atomic E-state index is 13.1. The molecule has 0 spiro atoms. The van der Waals surface area contributed by atoms with Crippen molar-refractivity contribution in [2.75, 3.05) is 7.11 Å². The number of pyridine rings is 1. The van der Waals surface area contributed by atoms with Crippen LogP contribution in [0.4, 0.5) is 0 Å². The van der Waals surface area contributed by atoms with Crippen LogP contribution < -0.4 is 4.74 Å². The van der Waals surface area contributed by atoms with E-state index in [2.05, 4.69) is 4.98 Å². The van der Waals surface area contributed by atoms with Crippen molar-refractivity contribution in [2.24, 2.45) is 0 Å². The fourth-order valence-electron chi connectivity index (χ4n) is 3.44. The Hall–Kier alpha value is -3.87. The molecule has 0 saturated heterocycles. The van der Waals surface area contributed by atoms with E-state index < -0.39 is 23.5 Å². The Kier molecular flexibility index (Phi) is 4.87. The Labute approximate surface area is 166 Å². The highest BCUT2D eigenvalue weighted by Gasteiger charge is 2.44. The van der Waals surface area contributed by atoms with Crippen molar-refractivity contribution in [3.8, 4) is 5.75 Å². The molecule has 1 aromatic carbocycles. The topological polar surface area (TPSA) is 92.9 Å². The van der Waals surface area contributed by atoms with Crippen molar-refractivity contribution in [1.29, 1.82) is 0 Å². The summed E-state index contributed by atoms with van der Waals surface area (Å²) in [5, 5.41) is 10.6. The number of nitrogens with zero attached hydrogens (tertiary/aromatic N) is 2. The molecule has 2 aromatic heterocycles. The second-order valence-corrected chi connectivity index (χ2v) is 6.54. The summed E-state index contributed by atoms with van der Waals surface area (Å²) in [7, 11) is 1.54. The van der Waals surface area contributed by atoms with Gasteiger partial charge in [0.05, 0.1) is 25.0 Å². The van der Waals surface area contributed by atoms with Gasteiger partial charge in [-0.2, -0.15) is 0 Å². The van der Waals surface area contributed by atoms with Crippen LogP contribution >= 0.6 is 0 Å². The molecule has 29 heavy (non-hydrogen) atoms. The van der Waals surface area contributed by atoms with Crippen LogP contribution in [-0.4, -0.2) is 33.8 Å². The first kappa shape index (κ1) is 18.5. The molecule has 1 unspecified atom stereocenters. The number of furan rings is 1. The van der Waals surface area contributed by atoms with Crippen molar-refractivity contribution < 1.29 is 23.8 Å². The number of amides is 1. The molecule has 4 rings (SSSR count). The Balaban J connectivity index is 1.81. The number of benzene rings is 1. The molecule has 0 radical (unpaired) electrons. The summed E-state index contributed by atoms with van der Waals surface area (Å²) >= 11 is 0. The molecule has 1 N–H and O–H groups in total. The molecule has 3 aromatic rings. The van der Waals surface area contributed by atoms with E-state index in [1.807, 2.05) is 6.07 Å². The summed E-state index contributed by atoms with van der Waals surface area (Å²) in [4.78, 5) is 31.5. The molecule has 0 bridgehead atoms. The van der Waals surface area contributed by atoms with Gasteiger partial charge < -0.3 is 19.2 Å². The average molecular weight is 390 g/mol. The Morgan fingerprint density at radius 1 is 1.24 bits per heavy atom. The van der Waals surface area contributed by atoms with Gasteiger partial charge in [-0.3, -0.25) is 14.6 Å². The van der Waals surface area contributed by atoms with Crippen molar-refractivity contribution in [3.05, 3.63) is 95.4 Å². The molecule has 7 heteroatoms. The molecule has 0 aliphatic carbocycles. The van der Waals surface area contributed by atoms with Crippen molar-refractivity contribution >= 4 is 11.7 Å². The molecule has 3 heterocycles. The first-order valence-electron chi connectivity index (χ1n) is 8.95. The third-order valence-corrected chi connectivity index (χ3v) is 4.78. The number of ether oxygens (including phenoxy) is 1. The predicted molar refractivity (Wildman–Crippen MR) is 103 cm³/mol. The smallest absolute Gasteiger partial charge is 0.290 e. The first-order valence-corrected chi connectivity index (χ1v) is 8.95. The molecule has 1 atom stereocenters. The number of aliphatic hydroxyl groups is 1. The van der Waals surface area contributed by atoms with Gasteiger partial charge in [-0.05, 0) is 41.5 Å². The maximum Gasteiger partial charge on any atom is 0.290 e. The molecule has 0 fully saturated rings. The van der Waals surface area contributed by atoms with E-state index in [0.29, 0.717) is 11.3 Å². The van der Waals surface area contributed by atoms with E-state index in [1.54, 1.807) is 48.8 Å². The summed E-state index contributed by atoms with van der Waals surface area (Å²) in [5.74, 6) is -1.12. The summed E-state index contributed by atoms with van der Waals surface area (Å²) in [6, 6.07) is 12.9. The fourth-order valence-corrected chi connectivity index (χ4v) is 3.44. The van der Waals surface area contributed by atoms with E-state index in [0.717, 1.165) is 5.56 Å². The van der Waals surface area contributed by atoms with Gasteiger partial charge in [0.1, 0.15) is 5.75 Å². The Morgan fingerprint density at radius 2 is 2.10 bits per heavy atom. The molecule has 7 nitrogen and oxygen atoms in total. The Morgan fingerprint density at radius 3 is 2.79 bits per heavy atom. The number of Topliss-reactive ketones (excluding diaryl/α,β-unsaturated/α-hetero) is 1. The number of ketones is 1. The first-order chi connectivity index (χ1) is 14.1. The third-order valence-electron chi connectivity index (χ3n) is 4.78. The van der Waals surface area contributed by atoms with Crippen LogP contribution in [0.15, 0.2) is 82.9 Å². The van der Waals surface area contributed by atoms with Gasteiger partial charge >= 0.3 is 0 Å². The van der Waals surface area contributed by atoms with Crippen molar-refractivity contribution in [3.63, 3.8) is 0 Å². The normalized spacial score (nSPS) is 16.4. The molecular weight excluding hydrogens is 372 g/mol. The van der Waals surface area contributed by atoms with Gasteiger partial charge in [-0.25, -0.2) is 0 Å². The molecule has 146 valence electrons. The lowest BCUT2D eigenvalue weighted by molar-refractivity contribution is -0.130. The lowest BCUT2D eigenvalue weighted by Gasteiger charge is -2.27. The minimum atomic E-state index is -0.796. The summed E-state index contributed by atoms with van der Waals surface area (Å²) < 4.78 is 10.5. The van der Waals surface area contributed by atoms with E-state index >= 15 is 0 Å². The third kappa shape index (κ3) is 3.38. The minimum Gasteiger partial charge on any atom is -0.503 e. The molecule has 1 amide bonds. The number of hydrogen-bond donors (Lipinski definition) is 1. The molecular formula is C22H18N2O5. The van der Waals surface area contributed by atoms with Crippen molar-refractivity contribution in [2.45, 2.75) is 12.6 Å². The Bertz CT molecular complexity index is 1070. The fraction of sp³-hybridized carbons (Fsp3) is 0.136. The summed E-state index contributed by atoms with van der Waals surface area (Å²) in [6.07, 6.45) is 4.64. The molecule has 1 aliphatic rings. The van der Waals surface area contributed by atoms with E-state index in [-0.39, 0.29) is 17.9 Å². The van der Waals surface area contributed by atoms with Crippen LogP contribution in [0, 0.1) is 0 Å². The average Bonchev–Trinajstić information content (AvgIpc) is 3.37.